The van der Waals surface area contributed by atoms with E-state index >= 15 is 0 Å². The van der Waals surface area contributed by atoms with E-state index in [1.807, 2.05) is 12.1 Å². The normalized spacial score (nSPS) is 11.3. The first-order valence-corrected chi connectivity index (χ1v) is 21.1. The minimum Gasteiger partial charge on any atom is -0.493 e. The molecule has 0 heterocycles. The first-order valence-electron chi connectivity index (χ1n) is 21.1. The zero-order chi connectivity index (χ0) is 34.2. The summed E-state index contributed by atoms with van der Waals surface area (Å²) in [5.74, 6) is 0.846. The fraction of sp³-hybridized carbons (Fsp3) is 0.717. The van der Waals surface area contributed by atoms with Crippen molar-refractivity contribution in [3.8, 4) is 16.9 Å². The molecule has 48 heavy (non-hydrogen) atoms. The zero-order valence-corrected chi connectivity index (χ0v) is 31.9. The smallest absolute Gasteiger partial charge is 0.150 e. The van der Waals surface area contributed by atoms with Gasteiger partial charge in [-0.15, -0.1) is 0 Å². The summed E-state index contributed by atoms with van der Waals surface area (Å²) in [5, 5.41) is 0. The van der Waals surface area contributed by atoms with Gasteiger partial charge in [0.05, 0.1) is 6.61 Å². The molecule has 2 heteroatoms. The van der Waals surface area contributed by atoms with Crippen LogP contribution in [0.3, 0.4) is 0 Å². The van der Waals surface area contributed by atoms with Crippen LogP contribution in [-0.4, -0.2) is 12.9 Å². The Bertz CT molecular complexity index is 1010. The van der Waals surface area contributed by atoms with Crippen molar-refractivity contribution in [1.82, 2.24) is 0 Å². The maximum Gasteiger partial charge on any atom is 0.150 e. The third kappa shape index (κ3) is 21.8. The van der Waals surface area contributed by atoms with Crippen molar-refractivity contribution < 1.29 is 9.53 Å². The Morgan fingerprint density at radius 1 is 0.479 bits per heavy atom. The lowest BCUT2D eigenvalue weighted by Gasteiger charge is -2.14. The van der Waals surface area contributed by atoms with Crippen LogP contribution >= 0.6 is 0 Å². The standard InChI is InChI=1S/C46H76O2/c1-3-5-7-9-11-13-15-17-18-19-21-23-25-27-29-31-38-48-46-40-43(41-47)36-37-45(46)44-35-32-34-42(39-44)33-30-28-26-24-22-20-16-14-12-10-8-6-4-2/h32,34-37,39-41H,3-31,33,38H2,1-2H3. The Hall–Kier alpha value is -2.09. The molecular weight excluding hydrogens is 585 g/mol. The van der Waals surface area contributed by atoms with Gasteiger partial charge >= 0.3 is 0 Å². The number of aryl methyl sites for hydroxylation is 1. The summed E-state index contributed by atoms with van der Waals surface area (Å²) >= 11 is 0. The number of ether oxygens (including phenoxy) is 1. The predicted octanol–water partition coefficient (Wildman–Crippen LogP) is 15.4. The molecule has 0 saturated carbocycles. The summed E-state index contributed by atoms with van der Waals surface area (Å²) in [7, 11) is 0. The molecule has 0 spiro atoms. The maximum absolute atomic E-state index is 11.5. The highest BCUT2D eigenvalue weighted by Crippen LogP contribution is 2.32. The molecule has 0 atom stereocenters. The Balaban J connectivity index is 1.58. The van der Waals surface area contributed by atoms with Crippen LogP contribution in [0.5, 0.6) is 5.75 Å². The zero-order valence-electron chi connectivity index (χ0n) is 31.9. The third-order valence-electron chi connectivity index (χ3n) is 10.2. The van der Waals surface area contributed by atoms with Crippen molar-refractivity contribution in [2.24, 2.45) is 0 Å². The van der Waals surface area contributed by atoms with Gasteiger partial charge in [0.25, 0.3) is 0 Å². The van der Waals surface area contributed by atoms with E-state index in [9.17, 15) is 4.79 Å². The summed E-state index contributed by atoms with van der Waals surface area (Å²) in [6.45, 7) is 5.30. The van der Waals surface area contributed by atoms with Crippen molar-refractivity contribution in [3.63, 3.8) is 0 Å². The van der Waals surface area contributed by atoms with Crippen LogP contribution in [-0.2, 0) is 6.42 Å². The average Bonchev–Trinajstić information content (AvgIpc) is 3.11. The molecule has 0 saturated heterocycles. The summed E-state index contributed by atoms with van der Waals surface area (Å²) in [6.07, 6.45) is 42.1. The van der Waals surface area contributed by atoms with Gasteiger partial charge in [0.2, 0.25) is 0 Å². The van der Waals surface area contributed by atoms with E-state index in [-0.39, 0.29) is 0 Å². The van der Waals surface area contributed by atoms with E-state index in [1.165, 1.54) is 191 Å². The molecule has 2 aromatic carbocycles. The third-order valence-corrected chi connectivity index (χ3v) is 10.2. The molecule has 2 rings (SSSR count). The van der Waals surface area contributed by atoms with E-state index in [0.717, 1.165) is 30.4 Å². The van der Waals surface area contributed by atoms with E-state index in [1.54, 1.807) is 0 Å². The summed E-state index contributed by atoms with van der Waals surface area (Å²) in [5.41, 5.74) is 4.38. The number of hydrogen-bond acceptors (Lipinski definition) is 2. The van der Waals surface area contributed by atoms with Crippen molar-refractivity contribution >= 4 is 6.29 Å². The molecule has 2 aromatic rings. The molecule has 0 radical (unpaired) electrons. The largest absolute Gasteiger partial charge is 0.493 e. The topological polar surface area (TPSA) is 26.3 Å². The number of hydrogen-bond donors (Lipinski definition) is 0. The molecule has 0 fully saturated rings. The number of carbonyl (C=O) groups excluding carboxylic acids is 1. The molecule has 0 aliphatic rings. The van der Waals surface area contributed by atoms with Crippen LogP contribution in [0.2, 0.25) is 0 Å². The average molecular weight is 661 g/mol. The predicted molar refractivity (Wildman–Crippen MR) is 212 cm³/mol. The van der Waals surface area contributed by atoms with Gasteiger partial charge in [-0.2, -0.15) is 0 Å². The molecule has 0 bridgehead atoms. The van der Waals surface area contributed by atoms with Crippen LogP contribution in [0, 0.1) is 0 Å². The Morgan fingerprint density at radius 2 is 0.917 bits per heavy atom. The number of unbranched alkanes of at least 4 members (excludes halogenated alkanes) is 27. The number of carbonyl (C=O) groups is 1. The number of benzene rings is 2. The SMILES string of the molecule is CCCCCCCCCCCCCCCCCCOc1cc(C=O)ccc1-c1cccc(CCCCCCCCCCCCCCC)c1. The van der Waals surface area contributed by atoms with Crippen LogP contribution in [0.4, 0.5) is 0 Å². The van der Waals surface area contributed by atoms with Crippen LogP contribution in [0.1, 0.15) is 216 Å². The molecule has 0 N–H and O–H groups in total. The second-order valence-corrected chi connectivity index (χ2v) is 14.7. The van der Waals surface area contributed by atoms with Crippen molar-refractivity contribution in [3.05, 3.63) is 53.6 Å². The molecule has 272 valence electrons. The summed E-state index contributed by atoms with van der Waals surface area (Å²) < 4.78 is 6.32. The lowest BCUT2D eigenvalue weighted by molar-refractivity contribution is 0.112. The maximum atomic E-state index is 11.5. The van der Waals surface area contributed by atoms with Gasteiger partial charge in [-0.3, -0.25) is 4.79 Å². The van der Waals surface area contributed by atoms with Crippen molar-refractivity contribution in [2.45, 2.75) is 206 Å². The quantitative estimate of drug-likeness (QED) is 0.0551. The molecular formula is C46H76O2. The van der Waals surface area contributed by atoms with Gasteiger partial charge in [-0.25, -0.2) is 0 Å². The van der Waals surface area contributed by atoms with Crippen molar-refractivity contribution in [1.29, 1.82) is 0 Å². The van der Waals surface area contributed by atoms with Crippen LogP contribution in [0.15, 0.2) is 42.5 Å². The van der Waals surface area contributed by atoms with Crippen molar-refractivity contribution in [2.75, 3.05) is 6.61 Å². The lowest BCUT2D eigenvalue weighted by Crippen LogP contribution is -2.00. The summed E-state index contributed by atoms with van der Waals surface area (Å²) in [4.78, 5) is 11.5. The van der Waals surface area contributed by atoms with Crippen LogP contribution < -0.4 is 4.74 Å². The molecule has 0 amide bonds. The number of rotatable bonds is 34. The first-order chi connectivity index (χ1) is 23.8. The first kappa shape index (κ1) is 42.1. The van der Waals surface area contributed by atoms with Gasteiger partial charge in [0, 0.05) is 11.1 Å². The highest BCUT2D eigenvalue weighted by atomic mass is 16.5. The Labute approximate surface area is 298 Å². The minimum atomic E-state index is 0.684. The Morgan fingerprint density at radius 3 is 1.38 bits per heavy atom. The monoisotopic (exact) mass is 661 g/mol. The van der Waals surface area contributed by atoms with Gasteiger partial charge < -0.3 is 4.74 Å². The van der Waals surface area contributed by atoms with E-state index in [4.69, 9.17) is 4.74 Å². The molecule has 0 unspecified atom stereocenters. The summed E-state index contributed by atoms with van der Waals surface area (Å²) in [6, 6.07) is 14.9. The minimum absolute atomic E-state index is 0.684. The van der Waals surface area contributed by atoms with E-state index in [2.05, 4.69) is 44.2 Å². The highest BCUT2D eigenvalue weighted by molar-refractivity contribution is 5.80. The van der Waals surface area contributed by atoms with Gasteiger partial charge in [-0.1, -0.05) is 218 Å². The fourth-order valence-corrected chi connectivity index (χ4v) is 7.04. The second-order valence-electron chi connectivity index (χ2n) is 14.7. The van der Waals surface area contributed by atoms with E-state index in [0.29, 0.717) is 12.2 Å². The Kier molecular flexibility index (Phi) is 27.1. The molecule has 0 aliphatic heterocycles. The van der Waals surface area contributed by atoms with Gasteiger partial charge in [-0.05, 0) is 42.5 Å². The number of aldehydes is 1. The van der Waals surface area contributed by atoms with Crippen LogP contribution in [0.25, 0.3) is 11.1 Å². The molecule has 0 aliphatic carbocycles. The second kappa shape index (κ2) is 30.9. The van der Waals surface area contributed by atoms with Gasteiger partial charge in [0.15, 0.2) is 0 Å². The highest BCUT2D eigenvalue weighted by Gasteiger charge is 2.09. The fourth-order valence-electron chi connectivity index (χ4n) is 7.04. The van der Waals surface area contributed by atoms with E-state index < -0.39 is 0 Å². The lowest BCUT2D eigenvalue weighted by atomic mass is 9.98. The molecule has 2 nitrogen and oxygen atoms in total. The molecule has 0 aromatic heterocycles. The van der Waals surface area contributed by atoms with Gasteiger partial charge in [0.1, 0.15) is 12.0 Å².